The molecule has 0 heterocycles. The number of rotatable bonds is 3. The van der Waals surface area contributed by atoms with Crippen LogP contribution in [-0.4, -0.2) is 10.7 Å². The van der Waals surface area contributed by atoms with Crippen molar-refractivity contribution in [1.29, 1.82) is 0 Å². The smallest absolute Gasteiger partial charge is 0.0693 e. The second kappa shape index (κ2) is 3.78. The van der Waals surface area contributed by atoms with Crippen LogP contribution in [0.3, 0.4) is 0 Å². The summed E-state index contributed by atoms with van der Waals surface area (Å²) in [4.78, 5) is 0. The van der Waals surface area contributed by atoms with E-state index in [0.29, 0.717) is 5.92 Å². The van der Waals surface area contributed by atoms with Gasteiger partial charge in [-0.05, 0) is 24.7 Å². The molecule has 0 saturated carbocycles. The molecule has 1 nitrogen and oxygen atoms in total. The molecule has 0 rings (SSSR count). The molecule has 0 saturated heterocycles. The molecule has 12 heavy (non-hydrogen) atoms. The summed E-state index contributed by atoms with van der Waals surface area (Å²) >= 11 is 0. The zero-order chi connectivity index (χ0) is 9.99. The Morgan fingerprint density at radius 2 is 1.58 bits per heavy atom. The summed E-state index contributed by atoms with van der Waals surface area (Å²) in [6, 6.07) is 0. The van der Waals surface area contributed by atoms with Crippen molar-refractivity contribution in [1.82, 2.24) is 0 Å². The van der Waals surface area contributed by atoms with Gasteiger partial charge in [0.2, 0.25) is 0 Å². The van der Waals surface area contributed by atoms with Gasteiger partial charge in [0, 0.05) is 0 Å². The maximum Gasteiger partial charge on any atom is 0.0693 e. The van der Waals surface area contributed by atoms with Crippen molar-refractivity contribution in [3.8, 4) is 0 Å². The second-order valence-electron chi connectivity index (χ2n) is 5.09. The van der Waals surface area contributed by atoms with Crippen LogP contribution < -0.4 is 0 Å². The summed E-state index contributed by atoms with van der Waals surface area (Å²) in [5.41, 5.74) is -0.579. The predicted molar refractivity (Wildman–Crippen MR) is 54.2 cm³/mol. The highest BCUT2D eigenvalue weighted by atomic mass is 16.3. The van der Waals surface area contributed by atoms with Gasteiger partial charge in [-0.15, -0.1) is 0 Å². The van der Waals surface area contributed by atoms with Gasteiger partial charge in [-0.1, -0.05) is 41.0 Å². The maximum absolute atomic E-state index is 10.3. The van der Waals surface area contributed by atoms with E-state index in [2.05, 4.69) is 34.6 Å². The molecule has 0 bridgehead atoms. The highest BCUT2D eigenvalue weighted by molar-refractivity contribution is 4.90. The Bertz CT molecular complexity index is 130. The number of hydrogen-bond donors (Lipinski definition) is 1. The van der Waals surface area contributed by atoms with Gasteiger partial charge in [-0.3, -0.25) is 0 Å². The fraction of sp³-hybridized carbons (Fsp3) is 1.00. The van der Waals surface area contributed by atoms with Gasteiger partial charge >= 0.3 is 0 Å². The molecule has 2 unspecified atom stereocenters. The monoisotopic (exact) mass is 172 g/mol. The maximum atomic E-state index is 10.3. The first kappa shape index (κ1) is 12.0. The van der Waals surface area contributed by atoms with Crippen LogP contribution in [-0.2, 0) is 0 Å². The highest BCUT2D eigenvalue weighted by Crippen LogP contribution is 2.37. The third-order valence-corrected chi connectivity index (χ3v) is 3.20. The molecular formula is C11H24O. The van der Waals surface area contributed by atoms with Crippen LogP contribution in [0.2, 0.25) is 0 Å². The van der Waals surface area contributed by atoms with Crippen LogP contribution >= 0.6 is 0 Å². The van der Waals surface area contributed by atoms with Gasteiger partial charge in [0.1, 0.15) is 0 Å². The third kappa shape index (κ3) is 2.48. The van der Waals surface area contributed by atoms with Crippen molar-refractivity contribution in [2.45, 2.75) is 60.0 Å². The minimum atomic E-state index is -0.553. The Labute approximate surface area is 77.2 Å². The first-order valence-corrected chi connectivity index (χ1v) is 4.95. The molecule has 0 amide bonds. The molecule has 0 aromatic heterocycles. The van der Waals surface area contributed by atoms with E-state index in [1.807, 2.05) is 6.92 Å². The number of aliphatic hydroxyl groups is 1. The van der Waals surface area contributed by atoms with E-state index < -0.39 is 5.60 Å². The van der Waals surface area contributed by atoms with Gasteiger partial charge in [-0.2, -0.15) is 0 Å². The van der Waals surface area contributed by atoms with Crippen molar-refractivity contribution in [3.05, 3.63) is 0 Å². The molecule has 0 aliphatic rings. The molecule has 74 valence electrons. The number of hydrogen-bond acceptors (Lipinski definition) is 1. The van der Waals surface area contributed by atoms with Crippen molar-refractivity contribution in [2.24, 2.45) is 11.3 Å². The lowest BCUT2D eigenvalue weighted by Gasteiger charge is -2.42. The van der Waals surface area contributed by atoms with Crippen molar-refractivity contribution >= 4 is 0 Å². The molecule has 0 spiro atoms. The molecule has 0 aromatic rings. The molecule has 1 heteroatoms. The van der Waals surface area contributed by atoms with E-state index in [1.54, 1.807) is 0 Å². The van der Waals surface area contributed by atoms with Gasteiger partial charge in [-0.25, -0.2) is 0 Å². The SMILES string of the molecule is CCCC(C)C(C)(O)C(C)(C)C. The minimum Gasteiger partial charge on any atom is -0.389 e. The zero-order valence-corrected chi connectivity index (χ0v) is 9.44. The predicted octanol–water partition coefficient (Wildman–Crippen LogP) is 3.22. The van der Waals surface area contributed by atoms with Crippen molar-refractivity contribution in [2.75, 3.05) is 0 Å². The second-order valence-corrected chi connectivity index (χ2v) is 5.09. The van der Waals surface area contributed by atoms with E-state index in [4.69, 9.17) is 0 Å². The summed E-state index contributed by atoms with van der Waals surface area (Å²) in [5, 5.41) is 10.3. The van der Waals surface area contributed by atoms with Crippen LogP contribution in [0.5, 0.6) is 0 Å². The minimum absolute atomic E-state index is 0.0262. The summed E-state index contributed by atoms with van der Waals surface area (Å²) in [6.07, 6.45) is 2.25. The molecule has 0 fully saturated rings. The zero-order valence-electron chi connectivity index (χ0n) is 9.44. The highest BCUT2D eigenvalue weighted by Gasteiger charge is 2.39. The first-order chi connectivity index (χ1) is 5.23. The average Bonchev–Trinajstić information content (AvgIpc) is 1.85. The average molecular weight is 172 g/mol. The summed E-state index contributed by atoms with van der Waals surface area (Å²) in [6.45, 7) is 12.5. The fourth-order valence-corrected chi connectivity index (χ4v) is 1.45. The van der Waals surface area contributed by atoms with E-state index in [-0.39, 0.29) is 5.41 Å². The van der Waals surface area contributed by atoms with Crippen LogP contribution in [0.15, 0.2) is 0 Å². The van der Waals surface area contributed by atoms with Gasteiger partial charge in [0.05, 0.1) is 5.60 Å². The van der Waals surface area contributed by atoms with Gasteiger partial charge < -0.3 is 5.11 Å². The molecular weight excluding hydrogens is 148 g/mol. The Kier molecular flexibility index (Phi) is 3.77. The van der Waals surface area contributed by atoms with Crippen LogP contribution in [0, 0.1) is 11.3 Å². The van der Waals surface area contributed by atoms with Crippen LogP contribution in [0.4, 0.5) is 0 Å². The van der Waals surface area contributed by atoms with Crippen LogP contribution in [0.1, 0.15) is 54.4 Å². The Hall–Kier alpha value is -0.0400. The molecule has 0 radical (unpaired) electrons. The first-order valence-electron chi connectivity index (χ1n) is 4.95. The molecule has 0 aromatic carbocycles. The molecule has 2 atom stereocenters. The summed E-state index contributed by atoms with van der Waals surface area (Å²) < 4.78 is 0. The topological polar surface area (TPSA) is 20.2 Å². The normalized spacial score (nSPS) is 20.2. The third-order valence-electron chi connectivity index (χ3n) is 3.20. The lowest BCUT2D eigenvalue weighted by atomic mass is 9.69. The van der Waals surface area contributed by atoms with Crippen molar-refractivity contribution in [3.63, 3.8) is 0 Å². The quantitative estimate of drug-likeness (QED) is 0.693. The molecule has 1 N–H and O–H groups in total. The Morgan fingerprint density at radius 3 is 1.83 bits per heavy atom. The fourth-order valence-electron chi connectivity index (χ4n) is 1.45. The summed E-state index contributed by atoms with van der Waals surface area (Å²) in [5.74, 6) is 0.377. The lowest BCUT2D eigenvalue weighted by Crippen LogP contribution is -2.45. The van der Waals surface area contributed by atoms with E-state index in [0.717, 1.165) is 12.8 Å². The van der Waals surface area contributed by atoms with E-state index in [1.165, 1.54) is 0 Å². The molecule has 0 aliphatic heterocycles. The molecule has 0 aliphatic carbocycles. The Balaban J connectivity index is 4.38. The van der Waals surface area contributed by atoms with Crippen molar-refractivity contribution < 1.29 is 5.11 Å². The van der Waals surface area contributed by atoms with Gasteiger partial charge in [0.15, 0.2) is 0 Å². The van der Waals surface area contributed by atoms with E-state index in [9.17, 15) is 5.11 Å². The lowest BCUT2D eigenvalue weighted by molar-refractivity contribution is -0.0860. The summed E-state index contributed by atoms with van der Waals surface area (Å²) in [7, 11) is 0. The largest absolute Gasteiger partial charge is 0.389 e. The van der Waals surface area contributed by atoms with E-state index >= 15 is 0 Å². The Morgan fingerprint density at radius 1 is 1.17 bits per heavy atom. The van der Waals surface area contributed by atoms with Gasteiger partial charge in [0.25, 0.3) is 0 Å². The van der Waals surface area contributed by atoms with Crippen LogP contribution in [0.25, 0.3) is 0 Å². The standard InChI is InChI=1S/C11H24O/c1-7-8-9(2)11(6,12)10(3,4)5/h9,12H,7-8H2,1-6H3.